The molecule has 0 aliphatic carbocycles. The summed E-state index contributed by atoms with van der Waals surface area (Å²) in [5.41, 5.74) is 2.89. The van der Waals surface area contributed by atoms with Gasteiger partial charge in [-0.3, -0.25) is 9.59 Å². The van der Waals surface area contributed by atoms with Crippen LogP contribution in [0.15, 0.2) is 48.5 Å². The highest BCUT2D eigenvalue weighted by Gasteiger charge is 2.33. The van der Waals surface area contributed by atoms with Gasteiger partial charge in [0.1, 0.15) is 12.7 Å². The second kappa shape index (κ2) is 12.9. The second-order valence-corrected chi connectivity index (χ2v) is 9.18. The lowest BCUT2D eigenvalue weighted by Gasteiger charge is -2.26. The number of hydrogen-bond acceptors (Lipinski definition) is 7. The van der Waals surface area contributed by atoms with E-state index in [1.807, 2.05) is 49.4 Å². The van der Waals surface area contributed by atoms with Crippen LogP contribution in [0.3, 0.4) is 0 Å². The molecular formula is C28H34N2O7. The second-order valence-electron chi connectivity index (χ2n) is 9.18. The van der Waals surface area contributed by atoms with E-state index in [0.29, 0.717) is 18.5 Å². The van der Waals surface area contributed by atoms with Crippen molar-refractivity contribution in [2.75, 3.05) is 13.7 Å². The molecule has 1 fully saturated rings. The third-order valence-electron chi connectivity index (χ3n) is 6.35. The molecule has 0 saturated carbocycles. The zero-order valence-electron chi connectivity index (χ0n) is 21.7. The van der Waals surface area contributed by atoms with Gasteiger partial charge in [-0.05, 0) is 50.3 Å². The van der Waals surface area contributed by atoms with Crippen LogP contribution in [0.1, 0.15) is 53.7 Å². The molecule has 1 N–H and O–H groups in total. The molecule has 2 aromatic carbocycles. The lowest BCUT2D eigenvalue weighted by Crippen LogP contribution is -2.49. The van der Waals surface area contributed by atoms with Crippen LogP contribution in [0.2, 0.25) is 0 Å². The standard InChI is InChI=1S/C28H34N2O7/c1-18-12-13-22(24(15-18)26(32)29-25(27(33)35-4)19(2)37-20(3)31)16-23-11-8-14-30(23)28(34)36-17-21-9-6-5-7-10-21/h5-7,9-10,12-13,15,19,23,25H,8,11,14,16-17H2,1-4H3,(H,29,32)/t19-,23?,25+/m1/s1. The molecule has 1 unspecified atom stereocenters. The van der Waals surface area contributed by atoms with Gasteiger partial charge in [0.15, 0.2) is 6.04 Å². The van der Waals surface area contributed by atoms with Crippen molar-refractivity contribution in [3.05, 3.63) is 70.8 Å². The molecule has 2 aromatic rings. The molecule has 1 saturated heterocycles. The smallest absolute Gasteiger partial charge is 0.410 e. The number of aryl methyl sites for hydroxylation is 1. The van der Waals surface area contributed by atoms with E-state index in [-0.39, 0.29) is 18.7 Å². The van der Waals surface area contributed by atoms with E-state index in [1.165, 1.54) is 21.0 Å². The van der Waals surface area contributed by atoms with Crippen molar-refractivity contribution < 1.29 is 33.4 Å². The highest BCUT2D eigenvalue weighted by Crippen LogP contribution is 2.25. The first kappa shape index (κ1) is 27.7. The Kier molecular flexibility index (Phi) is 9.65. The average molecular weight is 511 g/mol. The fourth-order valence-corrected chi connectivity index (χ4v) is 4.47. The molecule has 0 bridgehead atoms. The average Bonchev–Trinajstić information content (AvgIpc) is 3.34. The maximum atomic E-state index is 13.3. The van der Waals surface area contributed by atoms with Crippen molar-refractivity contribution in [3.63, 3.8) is 0 Å². The molecular weight excluding hydrogens is 476 g/mol. The predicted octanol–water partition coefficient (Wildman–Crippen LogP) is 3.56. The van der Waals surface area contributed by atoms with Gasteiger partial charge in [0.25, 0.3) is 5.91 Å². The van der Waals surface area contributed by atoms with E-state index in [1.54, 1.807) is 11.0 Å². The maximum Gasteiger partial charge on any atom is 0.410 e. The summed E-state index contributed by atoms with van der Waals surface area (Å²) in [5.74, 6) is -1.80. The number of carbonyl (C=O) groups is 4. The van der Waals surface area contributed by atoms with Crippen molar-refractivity contribution >= 4 is 23.9 Å². The summed E-state index contributed by atoms with van der Waals surface area (Å²) in [7, 11) is 1.20. The van der Waals surface area contributed by atoms with E-state index >= 15 is 0 Å². The van der Waals surface area contributed by atoms with E-state index in [0.717, 1.165) is 29.5 Å². The Morgan fingerprint density at radius 1 is 1.11 bits per heavy atom. The molecule has 1 aliphatic rings. The Morgan fingerprint density at radius 3 is 2.51 bits per heavy atom. The van der Waals surface area contributed by atoms with Gasteiger partial charge in [-0.1, -0.05) is 48.0 Å². The van der Waals surface area contributed by atoms with Gasteiger partial charge >= 0.3 is 18.0 Å². The van der Waals surface area contributed by atoms with Gasteiger partial charge in [0, 0.05) is 25.1 Å². The summed E-state index contributed by atoms with van der Waals surface area (Å²) < 4.78 is 15.5. The number of esters is 2. The van der Waals surface area contributed by atoms with Crippen LogP contribution in [0, 0.1) is 6.92 Å². The lowest BCUT2D eigenvalue weighted by molar-refractivity contribution is -0.154. The number of nitrogens with zero attached hydrogens (tertiary/aromatic N) is 1. The minimum atomic E-state index is -1.18. The van der Waals surface area contributed by atoms with Gasteiger partial charge in [-0.25, -0.2) is 9.59 Å². The van der Waals surface area contributed by atoms with Crippen LogP contribution < -0.4 is 5.32 Å². The molecule has 0 aromatic heterocycles. The minimum Gasteiger partial charge on any atom is -0.467 e. The van der Waals surface area contributed by atoms with Crippen LogP contribution in [0.4, 0.5) is 4.79 Å². The largest absolute Gasteiger partial charge is 0.467 e. The van der Waals surface area contributed by atoms with E-state index in [2.05, 4.69) is 5.32 Å². The number of carbonyl (C=O) groups excluding carboxylic acids is 4. The molecule has 3 rings (SSSR count). The number of amides is 2. The molecule has 198 valence electrons. The Labute approximate surface area is 217 Å². The summed E-state index contributed by atoms with van der Waals surface area (Å²) in [6.45, 7) is 5.37. The predicted molar refractivity (Wildman–Crippen MR) is 136 cm³/mol. The highest BCUT2D eigenvalue weighted by molar-refractivity contribution is 5.98. The van der Waals surface area contributed by atoms with E-state index < -0.39 is 30.0 Å². The monoisotopic (exact) mass is 510 g/mol. The number of likely N-dealkylation sites (tertiary alicyclic amines) is 1. The molecule has 37 heavy (non-hydrogen) atoms. The van der Waals surface area contributed by atoms with Crippen molar-refractivity contribution in [3.8, 4) is 0 Å². The SMILES string of the molecule is COC(=O)[C@@H](NC(=O)c1cc(C)ccc1CC1CCCN1C(=O)OCc1ccccc1)[C@@H](C)OC(C)=O. The fourth-order valence-electron chi connectivity index (χ4n) is 4.47. The molecule has 0 radical (unpaired) electrons. The Bertz CT molecular complexity index is 1120. The van der Waals surface area contributed by atoms with Gasteiger partial charge in [0.2, 0.25) is 0 Å². The van der Waals surface area contributed by atoms with Crippen molar-refractivity contribution in [1.82, 2.24) is 10.2 Å². The molecule has 9 heteroatoms. The molecule has 9 nitrogen and oxygen atoms in total. The normalized spacial score (nSPS) is 16.4. The fraction of sp³-hybridized carbons (Fsp3) is 0.429. The van der Waals surface area contributed by atoms with E-state index in [9.17, 15) is 19.2 Å². The summed E-state index contributed by atoms with van der Waals surface area (Å²) in [5, 5.41) is 2.66. The maximum absolute atomic E-state index is 13.3. The number of nitrogens with one attached hydrogen (secondary N) is 1. The van der Waals surface area contributed by atoms with Crippen LogP contribution in [-0.2, 0) is 36.8 Å². The number of hydrogen-bond donors (Lipinski definition) is 1. The summed E-state index contributed by atoms with van der Waals surface area (Å²) in [4.78, 5) is 51.6. The first-order valence-electron chi connectivity index (χ1n) is 12.3. The first-order chi connectivity index (χ1) is 17.7. The molecule has 1 heterocycles. The van der Waals surface area contributed by atoms with Crippen LogP contribution in [0.25, 0.3) is 0 Å². The van der Waals surface area contributed by atoms with Gasteiger partial charge in [-0.2, -0.15) is 0 Å². The topological polar surface area (TPSA) is 111 Å². The van der Waals surface area contributed by atoms with Crippen LogP contribution in [-0.4, -0.2) is 60.7 Å². The minimum absolute atomic E-state index is 0.131. The summed E-state index contributed by atoms with van der Waals surface area (Å²) in [6.07, 6.45) is 0.760. The van der Waals surface area contributed by atoms with Gasteiger partial charge < -0.3 is 24.4 Å². The Balaban J connectivity index is 1.74. The third kappa shape index (κ3) is 7.55. The zero-order chi connectivity index (χ0) is 26.9. The van der Waals surface area contributed by atoms with Crippen molar-refractivity contribution in [2.45, 2.75) is 64.8 Å². The van der Waals surface area contributed by atoms with E-state index in [4.69, 9.17) is 14.2 Å². The van der Waals surface area contributed by atoms with Crippen molar-refractivity contribution in [2.24, 2.45) is 0 Å². The Hall–Kier alpha value is -3.88. The molecule has 0 spiro atoms. The third-order valence-corrected chi connectivity index (χ3v) is 6.35. The number of methoxy groups -OCH3 is 1. The van der Waals surface area contributed by atoms with Crippen LogP contribution in [0.5, 0.6) is 0 Å². The first-order valence-corrected chi connectivity index (χ1v) is 12.3. The van der Waals surface area contributed by atoms with Gasteiger partial charge in [-0.15, -0.1) is 0 Å². The lowest BCUT2D eigenvalue weighted by atomic mass is 9.96. The number of ether oxygens (including phenoxy) is 3. The molecule has 1 aliphatic heterocycles. The van der Waals surface area contributed by atoms with Crippen molar-refractivity contribution in [1.29, 1.82) is 0 Å². The molecule has 2 amide bonds. The Morgan fingerprint density at radius 2 is 1.84 bits per heavy atom. The van der Waals surface area contributed by atoms with Gasteiger partial charge in [0.05, 0.1) is 7.11 Å². The summed E-state index contributed by atoms with van der Waals surface area (Å²) in [6, 6.07) is 13.7. The number of benzene rings is 2. The summed E-state index contributed by atoms with van der Waals surface area (Å²) >= 11 is 0. The quantitative estimate of drug-likeness (QED) is 0.406. The van der Waals surface area contributed by atoms with Crippen LogP contribution >= 0.6 is 0 Å². The number of rotatable bonds is 9. The molecule has 3 atom stereocenters. The zero-order valence-corrected chi connectivity index (χ0v) is 21.7. The highest BCUT2D eigenvalue weighted by atomic mass is 16.6.